The van der Waals surface area contributed by atoms with E-state index in [9.17, 15) is 0 Å². The van der Waals surface area contributed by atoms with Gasteiger partial charge in [-0.2, -0.15) is 0 Å². The quantitative estimate of drug-likeness (QED) is 0.770. The van der Waals surface area contributed by atoms with Gasteiger partial charge in [-0.25, -0.2) is 5.10 Å². The molecule has 2 heterocycles. The first-order valence-corrected chi connectivity index (χ1v) is 5.50. The molecule has 0 radical (unpaired) electrons. The lowest BCUT2D eigenvalue weighted by molar-refractivity contribution is 0.240. The lowest BCUT2D eigenvalue weighted by atomic mass is 9.97. The molecule has 5 heteroatoms. The monoisotopic (exact) mass is 234 g/mol. The van der Waals surface area contributed by atoms with E-state index >= 15 is 0 Å². The molecule has 1 aliphatic rings. The van der Waals surface area contributed by atoms with Crippen molar-refractivity contribution in [2.45, 2.75) is 12.3 Å². The number of benzene rings is 1. The van der Waals surface area contributed by atoms with Crippen LogP contribution in [0.2, 0.25) is 0 Å². The molecule has 1 N–H and O–H groups in total. The van der Waals surface area contributed by atoms with Crippen LogP contribution in [0.1, 0.15) is 17.4 Å². The van der Waals surface area contributed by atoms with Crippen molar-refractivity contribution in [3.8, 4) is 5.75 Å². The van der Waals surface area contributed by atoms with Gasteiger partial charge < -0.3 is 9.15 Å². The Morgan fingerprint density at radius 3 is 3.06 bits per heavy atom. The Kier molecular flexibility index (Phi) is 2.25. The van der Waals surface area contributed by atoms with Gasteiger partial charge in [-0.3, -0.25) is 0 Å². The highest BCUT2D eigenvalue weighted by Crippen LogP contribution is 2.31. The van der Waals surface area contributed by atoms with Gasteiger partial charge >= 0.3 is 0 Å². The SMILES string of the molecule is S=c1[nH]nc(C2COc3ccccc3C2)o1. The number of ether oxygens (including phenoxy) is 1. The summed E-state index contributed by atoms with van der Waals surface area (Å²) in [5.41, 5.74) is 1.18. The van der Waals surface area contributed by atoms with E-state index in [4.69, 9.17) is 21.4 Å². The Morgan fingerprint density at radius 2 is 2.25 bits per heavy atom. The van der Waals surface area contributed by atoms with Gasteiger partial charge in [0.1, 0.15) is 12.4 Å². The molecule has 2 aromatic rings. The van der Waals surface area contributed by atoms with Gasteiger partial charge in [0.25, 0.3) is 4.84 Å². The fourth-order valence-corrected chi connectivity index (χ4v) is 2.03. The van der Waals surface area contributed by atoms with Crippen LogP contribution in [0.4, 0.5) is 0 Å². The van der Waals surface area contributed by atoms with Crippen LogP contribution in [0.3, 0.4) is 0 Å². The van der Waals surface area contributed by atoms with Crippen LogP contribution in [0.15, 0.2) is 28.7 Å². The molecule has 0 saturated carbocycles. The average molecular weight is 234 g/mol. The molecule has 0 fully saturated rings. The number of hydrogen-bond donors (Lipinski definition) is 1. The minimum absolute atomic E-state index is 0.142. The van der Waals surface area contributed by atoms with Gasteiger partial charge in [0.15, 0.2) is 0 Å². The molecule has 82 valence electrons. The molecule has 0 amide bonds. The highest BCUT2D eigenvalue weighted by Gasteiger charge is 2.24. The number of H-pyrrole nitrogens is 1. The lowest BCUT2D eigenvalue weighted by Gasteiger charge is -2.22. The third kappa shape index (κ3) is 1.63. The van der Waals surface area contributed by atoms with Crippen LogP contribution in [-0.4, -0.2) is 16.8 Å². The van der Waals surface area contributed by atoms with E-state index in [1.807, 2.05) is 18.2 Å². The molecular weight excluding hydrogens is 224 g/mol. The number of aromatic nitrogens is 2. The molecule has 1 aromatic heterocycles. The molecule has 3 rings (SSSR count). The van der Waals surface area contributed by atoms with Crippen LogP contribution in [-0.2, 0) is 6.42 Å². The second kappa shape index (κ2) is 3.75. The predicted molar refractivity (Wildman–Crippen MR) is 60.1 cm³/mol. The Bertz CT molecular complexity index is 561. The molecule has 1 aliphatic heterocycles. The van der Waals surface area contributed by atoms with E-state index in [0.29, 0.717) is 17.3 Å². The van der Waals surface area contributed by atoms with Crippen molar-refractivity contribution >= 4 is 12.2 Å². The lowest BCUT2D eigenvalue weighted by Crippen LogP contribution is -2.19. The standard InChI is InChI=1S/C11H10N2O2S/c16-11-13-12-10(15-11)8-5-7-3-1-2-4-9(7)14-6-8/h1-4,8H,5-6H2,(H,13,16). The number of aromatic amines is 1. The van der Waals surface area contributed by atoms with Crippen LogP contribution < -0.4 is 4.74 Å². The van der Waals surface area contributed by atoms with Crippen molar-refractivity contribution in [1.29, 1.82) is 0 Å². The molecule has 1 aromatic carbocycles. The van der Waals surface area contributed by atoms with E-state index in [1.54, 1.807) is 0 Å². The maximum absolute atomic E-state index is 5.65. The third-order valence-corrected chi connectivity index (χ3v) is 2.86. The maximum Gasteiger partial charge on any atom is 0.284 e. The summed E-state index contributed by atoms with van der Waals surface area (Å²) in [7, 11) is 0. The Balaban J connectivity index is 1.90. The molecule has 0 aliphatic carbocycles. The largest absolute Gasteiger partial charge is 0.492 e. The molecule has 16 heavy (non-hydrogen) atoms. The fraction of sp³-hybridized carbons (Fsp3) is 0.273. The Labute approximate surface area is 97.3 Å². The van der Waals surface area contributed by atoms with E-state index in [-0.39, 0.29) is 5.92 Å². The smallest absolute Gasteiger partial charge is 0.284 e. The number of nitrogens with one attached hydrogen (secondary N) is 1. The van der Waals surface area contributed by atoms with Crippen molar-refractivity contribution in [1.82, 2.24) is 10.2 Å². The molecular formula is C11H10N2O2S. The van der Waals surface area contributed by atoms with E-state index in [2.05, 4.69) is 16.3 Å². The van der Waals surface area contributed by atoms with Crippen LogP contribution in [0.5, 0.6) is 5.75 Å². The summed E-state index contributed by atoms with van der Waals surface area (Å²) in [5.74, 6) is 1.72. The normalized spacial score (nSPS) is 18.9. The van der Waals surface area contributed by atoms with E-state index < -0.39 is 0 Å². The van der Waals surface area contributed by atoms with Gasteiger partial charge in [-0.05, 0) is 30.3 Å². The van der Waals surface area contributed by atoms with Gasteiger partial charge in [-0.1, -0.05) is 18.2 Å². The molecule has 1 unspecified atom stereocenters. The Hall–Kier alpha value is -1.62. The summed E-state index contributed by atoms with van der Waals surface area (Å²) >= 11 is 4.85. The zero-order valence-electron chi connectivity index (χ0n) is 8.47. The van der Waals surface area contributed by atoms with Gasteiger partial charge in [0, 0.05) is 0 Å². The summed E-state index contributed by atoms with van der Waals surface area (Å²) in [6.45, 7) is 0.583. The number of fused-ring (bicyclic) bond motifs is 1. The highest BCUT2D eigenvalue weighted by molar-refractivity contribution is 7.71. The van der Waals surface area contributed by atoms with E-state index in [1.165, 1.54) is 5.56 Å². The van der Waals surface area contributed by atoms with Crippen LogP contribution >= 0.6 is 12.2 Å². The number of hydrogen-bond acceptors (Lipinski definition) is 4. The zero-order chi connectivity index (χ0) is 11.0. The molecule has 0 spiro atoms. The fourth-order valence-electron chi connectivity index (χ4n) is 1.90. The first-order chi connectivity index (χ1) is 7.83. The maximum atomic E-state index is 5.65. The molecule has 4 nitrogen and oxygen atoms in total. The predicted octanol–water partition coefficient (Wildman–Crippen LogP) is 2.45. The summed E-state index contributed by atoms with van der Waals surface area (Å²) < 4.78 is 11.0. The first-order valence-electron chi connectivity index (χ1n) is 5.09. The summed E-state index contributed by atoms with van der Waals surface area (Å²) in [5, 5.41) is 6.67. The zero-order valence-corrected chi connectivity index (χ0v) is 9.29. The Morgan fingerprint density at radius 1 is 1.38 bits per heavy atom. The first kappa shape index (κ1) is 9.59. The highest BCUT2D eigenvalue weighted by atomic mass is 32.1. The van der Waals surface area contributed by atoms with Crippen molar-refractivity contribution < 1.29 is 9.15 Å². The minimum Gasteiger partial charge on any atom is -0.492 e. The van der Waals surface area contributed by atoms with Crippen LogP contribution in [0.25, 0.3) is 0 Å². The van der Waals surface area contributed by atoms with Crippen LogP contribution in [0, 0.1) is 4.84 Å². The summed E-state index contributed by atoms with van der Waals surface area (Å²) in [4.78, 5) is 0.314. The molecule has 0 saturated heterocycles. The number of nitrogens with zero attached hydrogens (tertiary/aromatic N) is 1. The van der Waals surface area contributed by atoms with E-state index in [0.717, 1.165) is 12.2 Å². The van der Waals surface area contributed by atoms with Crippen molar-refractivity contribution in [3.63, 3.8) is 0 Å². The summed E-state index contributed by atoms with van der Waals surface area (Å²) in [6.07, 6.45) is 0.874. The second-order valence-electron chi connectivity index (χ2n) is 3.77. The summed E-state index contributed by atoms with van der Waals surface area (Å²) in [6, 6.07) is 8.01. The van der Waals surface area contributed by atoms with Crippen molar-refractivity contribution in [2.75, 3.05) is 6.61 Å². The molecule has 0 bridgehead atoms. The minimum atomic E-state index is 0.142. The molecule has 1 atom stereocenters. The van der Waals surface area contributed by atoms with Crippen molar-refractivity contribution in [3.05, 3.63) is 40.6 Å². The third-order valence-electron chi connectivity index (χ3n) is 2.68. The van der Waals surface area contributed by atoms with Gasteiger partial charge in [0.05, 0.1) is 5.92 Å². The van der Waals surface area contributed by atoms with Crippen molar-refractivity contribution in [2.24, 2.45) is 0 Å². The topological polar surface area (TPSA) is 51.0 Å². The van der Waals surface area contributed by atoms with Gasteiger partial charge in [0.2, 0.25) is 5.89 Å². The average Bonchev–Trinajstić information content (AvgIpc) is 2.75. The second-order valence-corrected chi connectivity index (χ2v) is 4.14. The number of rotatable bonds is 1. The number of para-hydroxylation sites is 1. The van der Waals surface area contributed by atoms with Gasteiger partial charge in [-0.15, -0.1) is 5.10 Å².